The quantitative estimate of drug-likeness (QED) is 0.126. The number of aromatic amines is 1. The van der Waals surface area contributed by atoms with Gasteiger partial charge in [0, 0.05) is 6.20 Å². The number of nitrogens with zero attached hydrogens (tertiary/aromatic N) is 2. The maximum Gasteiger partial charge on any atom is 0.332 e. The van der Waals surface area contributed by atoms with Gasteiger partial charge < -0.3 is 30.4 Å². The second kappa shape index (κ2) is 9.81. The molecule has 0 saturated carbocycles. The van der Waals surface area contributed by atoms with Crippen molar-refractivity contribution in [3.8, 4) is 11.1 Å². The molecule has 0 bridgehead atoms. The van der Waals surface area contributed by atoms with E-state index in [-0.39, 0.29) is 17.0 Å². The molecule has 1 aromatic carbocycles. The molecule has 1 aliphatic rings. The molecule has 3 rings (SSSR count). The zero-order valence-electron chi connectivity index (χ0n) is 18.0. The third-order valence-corrected chi connectivity index (χ3v) is 5.75. The summed E-state index contributed by atoms with van der Waals surface area (Å²) in [6.07, 6.45) is -3.95. The molecule has 1 aromatic heterocycles. The van der Waals surface area contributed by atoms with Crippen LogP contribution in [0.15, 0.2) is 46.1 Å². The topological polar surface area (TPSA) is 168 Å². The zero-order chi connectivity index (χ0) is 24.4. The molecule has 5 atom stereocenters. The van der Waals surface area contributed by atoms with Gasteiger partial charge in [-0.1, -0.05) is 50.1 Å². The predicted molar refractivity (Wildman–Crippen MR) is 113 cm³/mol. The van der Waals surface area contributed by atoms with Gasteiger partial charge >= 0.3 is 11.6 Å². The van der Waals surface area contributed by atoms with Crippen molar-refractivity contribution in [3.05, 3.63) is 57.4 Å². The normalized spacial score (nSPS) is 28.4. The summed E-state index contributed by atoms with van der Waals surface area (Å²) in [5.74, 6) is -3.30. The Bertz CT molecular complexity index is 1060. The molecule has 33 heavy (non-hydrogen) atoms. The van der Waals surface area contributed by atoms with E-state index in [1.807, 2.05) is 11.9 Å². The Labute approximate surface area is 187 Å². The first-order chi connectivity index (χ1) is 15.6. The lowest BCUT2D eigenvalue weighted by atomic mass is 9.99. The summed E-state index contributed by atoms with van der Waals surface area (Å²) < 4.78 is 20.3. The molecular weight excluding hydrogens is 441 g/mol. The summed E-state index contributed by atoms with van der Waals surface area (Å²) >= 11 is 0. The van der Waals surface area contributed by atoms with Gasteiger partial charge in [-0.05, 0) is 18.4 Å². The Morgan fingerprint density at radius 3 is 2.52 bits per heavy atom. The fourth-order valence-corrected chi connectivity index (χ4v) is 3.89. The first-order valence-corrected chi connectivity index (χ1v) is 10.6. The van der Waals surface area contributed by atoms with Crippen LogP contribution in [0.1, 0.15) is 32.6 Å². The average Bonchev–Trinajstić information content (AvgIpc) is 3.01. The standard InChI is InChI=1S/C21H28FN3O8/c1-2-3-5-10-16(22)25(32)20(30)17(27)15(12-26)33-21(20,31)24-11-14(18(28)23-19(24)29)13-8-6-4-7-9-13/h4,6-9,11,15-17,26-27,30-32H,2-3,5,10,12H2,1H3,(H,23,28,29)/t15-,16?,17-,20-,21-/m1/s1. The summed E-state index contributed by atoms with van der Waals surface area (Å²) in [7, 11) is 0. The highest BCUT2D eigenvalue weighted by atomic mass is 19.1. The molecule has 182 valence electrons. The SMILES string of the molecule is CCCCCC(F)N(O)[C@@]1(O)[C@H](O)[C@@H](CO)O[C@@]1(O)n1cc(-c2ccccc2)c(=O)[nH]c1=O. The number of ether oxygens (including phenoxy) is 1. The van der Waals surface area contributed by atoms with Gasteiger partial charge in [0.05, 0.1) is 12.2 Å². The number of nitrogens with one attached hydrogen (secondary N) is 1. The number of hydrogen-bond acceptors (Lipinski definition) is 9. The Kier molecular flexibility index (Phi) is 7.49. The molecule has 0 spiro atoms. The van der Waals surface area contributed by atoms with E-state index in [4.69, 9.17) is 4.74 Å². The largest absolute Gasteiger partial charge is 0.394 e. The second-order valence-corrected chi connectivity index (χ2v) is 7.93. The van der Waals surface area contributed by atoms with Gasteiger partial charge in [-0.25, -0.2) is 13.8 Å². The van der Waals surface area contributed by atoms with Crippen LogP contribution in [0.5, 0.6) is 0 Å². The number of aromatic nitrogens is 2. The van der Waals surface area contributed by atoms with Crippen molar-refractivity contribution in [1.82, 2.24) is 14.6 Å². The smallest absolute Gasteiger partial charge is 0.332 e. The number of H-pyrrole nitrogens is 1. The molecule has 1 fully saturated rings. The fraction of sp³-hybridized carbons (Fsp3) is 0.524. The minimum absolute atomic E-state index is 0.124. The van der Waals surface area contributed by atoms with E-state index in [1.54, 1.807) is 30.3 Å². The lowest BCUT2D eigenvalue weighted by molar-refractivity contribution is -0.428. The number of unbranched alkanes of at least 4 members (excludes halogenated alkanes) is 2. The Morgan fingerprint density at radius 1 is 1.24 bits per heavy atom. The highest BCUT2D eigenvalue weighted by Gasteiger charge is 2.71. The monoisotopic (exact) mass is 469 g/mol. The van der Waals surface area contributed by atoms with E-state index in [2.05, 4.69) is 0 Å². The molecule has 0 aliphatic carbocycles. The Hall–Kier alpha value is -2.45. The van der Waals surface area contributed by atoms with Crippen LogP contribution in [0.25, 0.3) is 11.1 Å². The van der Waals surface area contributed by atoms with Crippen LogP contribution in [-0.4, -0.2) is 71.1 Å². The number of aliphatic hydroxyl groups is 4. The Morgan fingerprint density at radius 2 is 1.91 bits per heavy atom. The molecule has 2 aromatic rings. The van der Waals surface area contributed by atoms with Crippen LogP contribution in [0, 0.1) is 0 Å². The molecule has 2 heterocycles. The van der Waals surface area contributed by atoms with Gasteiger partial charge in [0.1, 0.15) is 12.2 Å². The molecule has 0 radical (unpaired) electrons. The van der Waals surface area contributed by atoms with E-state index in [0.717, 1.165) is 12.6 Å². The molecule has 6 N–H and O–H groups in total. The maximum absolute atomic E-state index is 14.8. The molecule has 1 unspecified atom stereocenters. The minimum Gasteiger partial charge on any atom is -0.394 e. The Balaban J connectivity index is 2.14. The molecule has 1 aliphatic heterocycles. The number of benzene rings is 1. The van der Waals surface area contributed by atoms with Crippen molar-refractivity contribution in [2.24, 2.45) is 0 Å². The number of alkyl halides is 1. The van der Waals surface area contributed by atoms with E-state index in [1.165, 1.54) is 0 Å². The lowest BCUT2D eigenvalue weighted by Gasteiger charge is -2.43. The van der Waals surface area contributed by atoms with Crippen molar-refractivity contribution in [1.29, 1.82) is 0 Å². The van der Waals surface area contributed by atoms with Crippen LogP contribution in [0.3, 0.4) is 0 Å². The van der Waals surface area contributed by atoms with Crippen LogP contribution in [0.2, 0.25) is 0 Å². The fourth-order valence-electron chi connectivity index (χ4n) is 3.89. The number of aliphatic hydroxyl groups excluding tert-OH is 2. The molecular formula is C21H28FN3O8. The van der Waals surface area contributed by atoms with E-state index in [0.29, 0.717) is 23.0 Å². The molecule has 12 heteroatoms. The van der Waals surface area contributed by atoms with E-state index in [9.17, 15) is 39.6 Å². The summed E-state index contributed by atoms with van der Waals surface area (Å²) in [4.78, 5) is 27.0. The van der Waals surface area contributed by atoms with Gasteiger partial charge in [0.15, 0.2) is 6.30 Å². The number of rotatable bonds is 9. The highest BCUT2D eigenvalue weighted by Crippen LogP contribution is 2.44. The van der Waals surface area contributed by atoms with Crippen molar-refractivity contribution < 1.29 is 34.8 Å². The highest BCUT2D eigenvalue weighted by molar-refractivity contribution is 5.61. The maximum atomic E-state index is 14.8. The number of hydroxylamine groups is 2. The number of halogens is 1. The average molecular weight is 469 g/mol. The van der Waals surface area contributed by atoms with Crippen molar-refractivity contribution in [2.75, 3.05) is 6.61 Å². The first-order valence-electron chi connectivity index (χ1n) is 10.6. The molecule has 11 nitrogen and oxygen atoms in total. The van der Waals surface area contributed by atoms with Crippen LogP contribution >= 0.6 is 0 Å². The van der Waals surface area contributed by atoms with E-state index >= 15 is 0 Å². The van der Waals surface area contributed by atoms with Crippen molar-refractivity contribution in [3.63, 3.8) is 0 Å². The third-order valence-electron chi connectivity index (χ3n) is 5.75. The predicted octanol–water partition coefficient (Wildman–Crippen LogP) is -0.186. The van der Waals surface area contributed by atoms with Crippen LogP contribution < -0.4 is 11.2 Å². The lowest BCUT2D eigenvalue weighted by Crippen LogP contribution is -2.69. The van der Waals surface area contributed by atoms with Crippen molar-refractivity contribution in [2.45, 2.75) is 62.7 Å². The van der Waals surface area contributed by atoms with Crippen LogP contribution in [-0.2, 0) is 10.6 Å². The minimum atomic E-state index is -3.33. The van der Waals surface area contributed by atoms with Gasteiger partial charge in [-0.15, -0.1) is 5.06 Å². The summed E-state index contributed by atoms with van der Waals surface area (Å²) in [6.45, 7) is 0.930. The van der Waals surface area contributed by atoms with Gasteiger partial charge in [0.25, 0.3) is 5.56 Å². The van der Waals surface area contributed by atoms with Crippen molar-refractivity contribution >= 4 is 0 Å². The van der Waals surface area contributed by atoms with Gasteiger partial charge in [-0.3, -0.25) is 9.78 Å². The first kappa shape index (κ1) is 25.2. The number of hydrogen-bond donors (Lipinski definition) is 6. The summed E-state index contributed by atoms with van der Waals surface area (Å²) in [5.41, 5.74) is -5.22. The van der Waals surface area contributed by atoms with Gasteiger partial charge in [-0.2, -0.15) is 0 Å². The molecule has 1 saturated heterocycles. The summed E-state index contributed by atoms with van der Waals surface area (Å²) in [6, 6.07) is 8.00. The van der Waals surface area contributed by atoms with Crippen LogP contribution in [0.4, 0.5) is 4.39 Å². The van der Waals surface area contributed by atoms with E-state index < -0.39 is 48.0 Å². The third kappa shape index (κ3) is 4.26. The second-order valence-electron chi connectivity index (χ2n) is 7.93. The summed E-state index contributed by atoms with van der Waals surface area (Å²) in [5, 5.41) is 52.9. The zero-order valence-corrected chi connectivity index (χ0v) is 18.0. The molecule has 0 amide bonds. The van der Waals surface area contributed by atoms with Gasteiger partial charge in [0.2, 0.25) is 5.72 Å².